The number of hydrogen-bond donors (Lipinski definition) is 4. The summed E-state index contributed by atoms with van der Waals surface area (Å²) in [5.74, 6) is 0.603. The van der Waals surface area contributed by atoms with E-state index >= 15 is 0 Å². The lowest BCUT2D eigenvalue weighted by molar-refractivity contribution is -0.302. The van der Waals surface area contributed by atoms with Crippen molar-refractivity contribution in [3.63, 3.8) is 0 Å². The molecule has 7 rings (SSSR count). The number of aliphatic hydroxyl groups excluding tert-OH is 3. The molecule has 2 spiro atoms. The summed E-state index contributed by atoms with van der Waals surface area (Å²) in [6.07, 6.45) is 0.691. The van der Waals surface area contributed by atoms with E-state index in [1.54, 1.807) is 13.8 Å². The minimum atomic E-state index is -1.31. The van der Waals surface area contributed by atoms with E-state index in [1.165, 1.54) is 6.92 Å². The van der Waals surface area contributed by atoms with Gasteiger partial charge in [-0.2, -0.15) is 0 Å². The average Bonchev–Trinajstić information content (AvgIpc) is 3.61. The van der Waals surface area contributed by atoms with Crippen LogP contribution in [0.15, 0.2) is 0 Å². The summed E-state index contributed by atoms with van der Waals surface area (Å²) < 4.78 is 24.4. The van der Waals surface area contributed by atoms with Crippen LogP contribution in [0.5, 0.6) is 0 Å². The molecular weight excluding hydrogens is 604 g/mol. The van der Waals surface area contributed by atoms with Gasteiger partial charge in [-0.15, -0.1) is 0 Å². The predicted octanol–water partition coefficient (Wildman–Crippen LogP) is 3.53. The zero-order valence-corrected chi connectivity index (χ0v) is 29.5. The van der Waals surface area contributed by atoms with Gasteiger partial charge >= 0.3 is 5.97 Å². The second-order valence-corrected chi connectivity index (χ2v) is 18.4. The fourth-order valence-electron chi connectivity index (χ4n) is 13.4. The van der Waals surface area contributed by atoms with Crippen LogP contribution in [-0.2, 0) is 28.5 Å². The number of carbonyl (C=O) groups is 2. The van der Waals surface area contributed by atoms with Crippen molar-refractivity contribution in [3.8, 4) is 0 Å². The highest BCUT2D eigenvalue weighted by Crippen LogP contribution is 2.89. The van der Waals surface area contributed by atoms with Crippen molar-refractivity contribution in [2.24, 2.45) is 50.7 Å². The Hall–Kier alpha value is -1.14. The summed E-state index contributed by atoms with van der Waals surface area (Å²) in [6, 6.07) is 0. The fourth-order valence-corrected chi connectivity index (χ4v) is 13.4. The number of Topliss-reactive ketones (excluding diaryl/α,β-unsaturated/α-hetero) is 1. The second-order valence-electron chi connectivity index (χ2n) is 18.4. The smallest absolute Gasteiger partial charge is 0.303 e. The summed E-state index contributed by atoms with van der Waals surface area (Å²) in [6.45, 7) is 15.9. The molecule has 10 nitrogen and oxygen atoms in total. The van der Waals surface area contributed by atoms with Crippen LogP contribution in [0.3, 0.4) is 0 Å². The molecule has 5 saturated carbocycles. The minimum Gasteiger partial charge on any atom is -0.457 e. The summed E-state index contributed by atoms with van der Waals surface area (Å²) in [7, 11) is 0. The SMILES string of the molecule is CC(=O)O[C@@H]([C@H]1C[C@@H](C)[C@H]2[C@H](O1)C(=O)[C@@]1(C)[C@@H]3CC[C@H]4C(C)(C)[C@@H](O[C@@H]5OC[C@@H](O)[C@H](O)[C@H]5O)CC[C@@]45C[C@@]35CC[C@]21C)C(C)(C)O. The minimum absolute atomic E-state index is 0.0668. The summed E-state index contributed by atoms with van der Waals surface area (Å²) in [5, 5.41) is 41.8. The van der Waals surface area contributed by atoms with Crippen LogP contribution in [0.4, 0.5) is 0 Å². The number of hydrogen-bond acceptors (Lipinski definition) is 10. The molecule has 2 aliphatic heterocycles. The zero-order valence-electron chi connectivity index (χ0n) is 29.5. The van der Waals surface area contributed by atoms with Gasteiger partial charge in [-0.3, -0.25) is 9.59 Å². The molecule has 5 aliphatic carbocycles. The third kappa shape index (κ3) is 4.46. The molecule has 2 heterocycles. The monoisotopic (exact) mass is 662 g/mol. The van der Waals surface area contributed by atoms with Gasteiger partial charge < -0.3 is 39.4 Å². The molecule has 266 valence electrons. The number of ether oxygens (including phenoxy) is 4. The summed E-state index contributed by atoms with van der Waals surface area (Å²) >= 11 is 0. The maximum Gasteiger partial charge on any atom is 0.303 e. The summed E-state index contributed by atoms with van der Waals surface area (Å²) in [4.78, 5) is 27.0. The standard InChI is InChI=1S/C37H58O10/c1-18-15-21(30(33(5,6)43)45-19(2)38)46-28-25(18)34(7)13-14-37-17-36(37)12-11-24(47-31-27(41)26(40)20(39)16-44-31)32(3,4)22(36)9-10-23(37)35(34,8)29(28)42/h18,20-28,30-31,39-41,43H,9-17H2,1-8H3/t18-,20-,21-,22+,23+,24+,25+,26+,27-,28+,30+,31+,34-,35-,36-,37+/m1/s1. The van der Waals surface area contributed by atoms with E-state index in [0.29, 0.717) is 12.3 Å². The van der Waals surface area contributed by atoms with E-state index in [1.807, 2.05) is 0 Å². The highest BCUT2D eigenvalue weighted by molar-refractivity contribution is 5.93. The van der Waals surface area contributed by atoms with Gasteiger partial charge in [0, 0.05) is 18.3 Å². The van der Waals surface area contributed by atoms with E-state index in [4.69, 9.17) is 18.9 Å². The van der Waals surface area contributed by atoms with Crippen LogP contribution in [-0.4, -0.2) is 93.4 Å². The lowest BCUT2D eigenvalue weighted by Gasteiger charge is -2.62. The van der Waals surface area contributed by atoms with E-state index < -0.39 is 59.9 Å². The van der Waals surface area contributed by atoms with Crippen LogP contribution in [0.2, 0.25) is 0 Å². The first-order valence-corrected chi connectivity index (χ1v) is 18.2. The van der Waals surface area contributed by atoms with Crippen LogP contribution in [0.1, 0.15) is 107 Å². The van der Waals surface area contributed by atoms with E-state index in [9.17, 15) is 30.0 Å². The molecule has 7 fully saturated rings. The quantitative estimate of drug-likeness (QED) is 0.254. The Morgan fingerprint density at radius 1 is 0.979 bits per heavy atom. The first-order valence-electron chi connectivity index (χ1n) is 18.2. The number of aliphatic hydroxyl groups is 4. The van der Waals surface area contributed by atoms with Gasteiger partial charge in [0.1, 0.15) is 24.4 Å². The molecule has 0 radical (unpaired) electrons. The van der Waals surface area contributed by atoms with Crippen LogP contribution in [0.25, 0.3) is 0 Å². The topological polar surface area (TPSA) is 152 Å². The Morgan fingerprint density at radius 2 is 1.64 bits per heavy atom. The molecule has 0 amide bonds. The Bertz CT molecular complexity index is 1290. The first kappa shape index (κ1) is 34.3. The Labute approximate surface area is 279 Å². The summed E-state index contributed by atoms with van der Waals surface area (Å²) in [5.41, 5.74) is -2.06. The Balaban J connectivity index is 1.15. The molecule has 0 aromatic carbocycles. The molecule has 0 aromatic heterocycles. The van der Waals surface area contributed by atoms with Gasteiger partial charge in [-0.1, -0.05) is 34.6 Å². The first-order chi connectivity index (χ1) is 21.8. The largest absolute Gasteiger partial charge is 0.457 e. The molecule has 0 unspecified atom stereocenters. The van der Waals surface area contributed by atoms with Gasteiger partial charge in [0.2, 0.25) is 0 Å². The van der Waals surface area contributed by atoms with Gasteiger partial charge in [-0.25, -0.2) is 0 Å². The van der Waals surface area contributed by atoms with Gasteiger partial charge in [0.05, 0.1) is 24.4 Å². The molecule has 0 aromatic rings. The lowest BCUT2D eigenvalue weighted by Crippen LogP contribution is -2.60. The van der Waals surface area contributed by atoms with Crippen molar-refractivity contribution >= 4 is 11.8 Å². The highest BCUT2D eigenvalue weighted by Gasteiger charge is 2.85. The average molecular weight is 663 g/mol. The molecule has 16 atom stereocenters. The third-order valence-corrected chi connectivity index (χ3v) is 15.6. The molecule has 10 heteroatoms. The van der Waals surface area contributed by atoms with Gasteiger partial charge in [0.15, 0.2) is 18.2 Å². The normalized spacial score (nSPS) is 53.9. The number of esters is 1. The van der Waals surface area contributed by atoms with E-state index in [2.05, 4.69) is 34.6 Å². The Morgan fingerprint density at radius 3 is 2.30 bits per heavy atom. The van der Waals surface area contributed by atoms with Crippen molar-refractivity contribution in [2.75, 3.05) is 6.61 Å². The molecule has 0 bridgehead atoms. The number of fused-ring (bicyclic) bond motifs is 4. The van der Waals surface area contributed by atoms with Crippen LogP contribution in [0, 0.1) is 50.7 Å². The number of carbonyl (C=O) groups excluding carboxylic acids is 2. The lowest BCUT2D eigenvalue weighted by atomic mass is 9.41. The molecule has 4 N–H and O–H groups in total. The van der Waals surface area contributed by atoms with Crippen molar-refractivity contribution < 1.29 is 49.0 Å². The molecule has 2 saturated heterocycles. The van der Waals surface area contributed by atoms with E-state index in [0.717, 1.165) is 44.9 Å². The number of ketones is 1. The predicted molar refractivity (Wildman–Crippen MR) is 170 cm³/mol. The van der Waals surface area contributed by atoms with E-state index in [-0.39, 0.29) is 57.9 Å². The number of rotatable bonds is 5. The zero-order chi connectivity index (χ0) is 34.3. The molecule has 47 heavy (non-hydrogen) atoms. The van der Waals surface area contributed by atoms with Crippen molar-refractivity contribution in [1.82, 2.24) is 0 Å². The van der Waals surface area contributed by atoms with Crippen LogP contribution < -0.4 is 0 Å². The van der Waals surface area contributed by atoms with Crippen molar-refractivity contribution in [1.29, 1.82) is 0 Å². The maximum absolute atomic E-state index is 15.0. The maximum atomic E-state index is 15.0. The second kappa shape index (κ2) is 10.7. The fraction of sp³-hybridized carbons (Fsp3) is 0.946. The van der Waals surface area contributed by atoms with Crippen LogP contribution >= 0.6 is 0 Å². The molecule has 7 aliphatic rings. The highest BCUT2D eigenvalue weighted by atomic mass is 16.7. The van der Waals surface area contributed by atoms with Crippen molar-refractivity contribution in [3.05, 3.63) is 0 Å². The molecular formula is C37H58O10. The van der Waals surface area contributed by atoms with Gasteiger partial charge in [-0.05, 0) is 105 Å². The Kier molecular flexibility index (Phi) is 7.80. The third-order valence-electron chi connectivity index (χ3n) is 15.6. The van der Waals surface area contributed by atoms with Gasteiger partial charge in [0.25, 0.3) is 0 Å². The van der Waals surface area contributed by atoms with Crippen molar-refractivity contribution in [2.45, 2.75) is 161 Å².